The van der Waals surface area contributed by atoms with Crippen LogP contribution in [0.5, 0.6) is 0 Å². The van der Waals surface area contributed by atoms with Crippen molar-refractivity contribution in [3.05, 3.63) is 138 Å². The molecule has 9 heteroatoms. The predicted octanol–water partition coefficient (Wildman–Crippen LogP) is 6.89. The van der Waals surface area contributed by atoms with Gasteiger partial charge in [0.1, 0.15) is 0 Å². The van der Waals surface area contributed by atoms with Crippen molar-refractivity contribution in [3.63, 3.8) is 0 Å². The van der Waals surface area contributed by atoms with Crippen molar-refractivity contribution in [1.29, 1.82) is 0 Å². The van der Waals surface area contributed by atoms with Crippen molar-refractivity contribution in [2.24, 2.45) is 0 Å². The minimum atomic E-state index is -5.59. The average Bonchev–Trinajstić information content (AvgIpc) is 2.92. The third-order valence-corrected chi connectivity index (χ3v) is 7.16. The normalized spacial score (nSPS) is 11.4. The second kappa shape index (κ2) is 13.1. The van der Waals surface area contributed by atoms with Gasteiger partial charge in [-0.25, -0.2) is 4.79 Å². The van der Waals surface area contributed by atoms with Crippen LogP contribution in [0.4, 0.5) is 8.78 Å². The van der Waals surface area contributed by atoms with E-state index in [1.807, 2.05) is 11.8 Å². The fourth-order valence-electron chi connectivity index (χ4n) is 3.10. The summed E-state index contributed by atoms with van der Waals surface area (Å²) < 4.78 is 58.1. The number of hydrogen-bond donors (Lipinski definition) is 1. The summed E-state index contributed by atoms with van der Waals surface area (Å²) in [6, 6.07) is 39.2. The third-order valence-electron chi connectivity index (χ3n) is 4.96. The number of halogens is 2. The minimum Gasteiger partial charge on any atom is -0.454 e. The first kappa shape index (κ1) is 28.0. The highest BCUT2D eigenvalue weighted by Crippen LogP contribution is 2.40. The van der Waals surface area contributed by atoms with E-state index in [0.29, 0.717) is 5.25 Å². The van der Waals surface area contributed by atoms with Gasteiger partial charge >= 0.3 is 21.3 Å². The first-order valence-electron chi connectivity index (χ1n) is 11.1. The van der Waals surface area contributed by atoms with E-state index in [0.717, 1.165) is 0 Å². The molecule has 4 rings (SSSR count). The lowest BCUT2D eigenvalue weighted by atomic mass is 10.0. The highest BCUT2D eigenvalue weighted by molar-refractivity contribution is 7.99. The molecule has 5 nitrogen and oxygen atoms in total. The smallest absolute Gasteiger partial charge is 0.402 e. The minimum absolute atomic E-state index is 0.00126. The quantitative estimate of drug-likeness (QED) is 0.148. The summed E-state index contributed by atoms with van der Waals surface area (Å²) in [7, 11) is -5.59. The Hall–Kier alpha value is -3.53. The first-order chi connectivity index (χ1) is 17.7. The lowest BCUT2D eigenvalue weighted by Gasteiger charge is -2.17. The van der Waals surface area contributed by atoms with Gasteiger partial charge in [0.05, 0.1) is 10.8 Å². The van der Waals surface area contributed by atoms with Gasteiger partial charge in [-0.1, -0.05) is 97.1 Å². The molecule has 0 saturated carbocycles. The van der Waals surface area contributed by atoms with Crippen LogP contribution < -0.4 is 0 Å². The van der Waals surface area contributed by atoms with E-state index < -0.39 is 27.9 Å². The van der Waals surface area contributed by atoms with Gasteiger partial charge in [-0.3, -0.25) is 4.55 Å². The highest BCUT2D eigenvalue weighted by atomic mass is 32.2. The van der Waals surface area contributed by atoms with Gasteiger partial charge in [-0.15, -0.1) is 11.8 Å². The van der Waals surface area contributed by atoms with E-state index in [4.69, 9.17) is 4.55 Å². The number of rotatable bonds is 8. The molecule has 0 aliphatic rings. The molecule has 4 aromatic rings. The van der Waals surface area contributed by atoms with Crippen LogP contribution in [0.15, 0.2) is 126 Å². The van der Waals surface area contributed by atoms with Crippen LogP contribution in [0.25, 0.3) is 0 Å². The molecule has 0 fully saturated rings. The van der Waals surface area contributed by atoms with Crippen LogP contribution in [0.1, 0.15) is 26.7 Å². The molecule has 37 heavy (non-hydrogen) atoms. The monoisotopic (exact) mass is 542 g/mol. The van der Waals surface area contributed by atoms with Gasteiger partial charge < -0.3 is 4.74 Å². The summed E-state index contributed by atoms with van der Waals surface area (Å²) in [6.45, 7) is -1.74. The van der Waals surface area contributed by atoms with Crippen LogP contribution in [0, 0.1) is 0 Å². The molecule has 0 radical (unpaired) electrons. The van der Waals surface area contributed by atoms with Crippen molar-refractivity contribution in [2.75, 3.05) is 6.61 Å². The summed E-state index contributed by atoms with van der Waals surface area (Å²) in [4.78, 5) is 12.5. The van der Waals surface area contributed by atoms with Crippen molar-refractivity contribution in [1.82, 2.24) is 0 Å². The molecule has 0 aromatic heterocycles. The molecule has 0 spiro atoms. The first-order valence-corrected chi connectivity index (χ1v) is 13.4. The maximum absolute atomic E-state index is 12.7. The summed E-state index contributed by atoms with van der Waals surface area (Å²) in [6.07, 6.45) is 0. The number of ether oxygens (including phenoxy) is 1. The Labute approximate surface area is 218 Å². The maximum Gasteiger partial charge on any atom is 0.402 e. The van der Waals surface area contributed by atoms with Crippen LogP contribution in [0.3, 0.4) is 0 Å². The van der Waals surface area contributed by atoms with Crippen molar-refractivity contribution >= 4 is 27.8 Å². The zero-order valence-electron chi connectivity index (χ0n) is 19.5. The summed E-state index contributed by atoms with van der Waals surface area (Å²) in [5.41, 5.74) is 2.68. The second-order valence-corrected chi connectivity index (χ2v) is 10.4. The van der Waals surface area contributed by atoms with E-state index in [1.54, 1.807) is 6.07 Å². The Balaban J connectivity index is 0.000000209. The number of benzene rings is 4. The van der Waals surface area contributed by atoms with Crippen molar-refractivity contribution < 1.29 is 31.3 Å². The number of carbonyl (C=O) groups is 1. The van der Waals surface area contributed by atoms with Crippen LogP contribution in [-0.2, 0) is 14.9 Å². The molecule has 0 saturated heterocycles. The highest BCUT2D eigenvalue weighted by Gasteiger charge is 2.45. The molecule has 0 unspecified atom stereocenters. The second-order valence-electron chi connectivity index (χ2n) is 7.69. The number of esters is 1. The molecule has 192 valence electrons. The largest absolute Gasteiger partial charge is 0.454 e. The van der Waals surface area contributed by atoms with Crippen LogP contribution >= 0.6 is 11.8 Å². The summed E-state index contributed by atoms with van der Waals surface area (Å²) in [5, 5.41) is -4.18. The molecule has 4 aromatic carbocycles. The molecule has 0 aliphatic heterocycles. The maximum atomic E-state index is 12.7. The lowest BCUT2D eigenvalue weighted by molar-refractivity contribution is -0.00950. The summed E-state index contributed by atoms with van der Waals surface area (Å²) in [5.74, 6) is -1.10. The fourth-order valence-corrected chi connectivity index (χ4v) is 4.48. The van der Waals surface area contributed by atoms with Gasteiger partial charge in [0.25, 0.3) is 0 Å². The standard InChI is InChI=1S/C19H16S.C9H8F2O5S/c1-4-10-16(11-5-1)19(17-12-6-2-7-13-17)20-18-14-8-3-9-15-18;10-9(11,17(13,14)15)6-16-8(12)7-4-2-1-3-5-7/h1-15,19H;1-5H,6H2,(H,13,14,15). The topological polar surface area (TPSA) is 80.7 Å². The number of alkyl halides is 2. The number of thioether (sulfide) groups is 1. The molecule has 0 heterocycles. The molecule has 0 aliphatic carbocycles. The molecular formula is C28H24F2O5S2. The Morgan fingerprint density at radius 3 is 1.59 bits per heavy atom. The molecular weight excluding hydrogens is 518 g/mol. The fraction of sp³-hybridized carbons (Fsp3) is 0.107. The SMILES string of the molecule is O=C(OCC(F)(F)S(=O)(=O)O)c1ccccc1.c1ccc(SC(c2ccccc2)c2ccccc2)cc1. The van der Waals surface area contributed by atoms with Gasteiger partial charge in [0.15, 0.2) is 6.61 Å². The van der Waals surface area contributed by atoms with E-state index >= 15 is 0 Å². The van der Waals surface area contributed by atoms with Crippen LogP contribution in [-0.4, -0.2) is 30.8 Å². The average molecular weight is 543 g/mol. The van der Waals surface area contributed by atoms with E-state index in [2.05, 4.69) is 95.7 Å². The Morgan fingerprint density at radius 1 is 0.757 bits per heavy atom. The van der Waals surface area contributed by atoms with Gasteiger partial charge in [-0.2, -0.15) is 17.2 Å². The Morgan fingerprint density at radius 2 is 1.16 bits per heavy atom. The number of hydrogen-bond acceptors (Lipinski definition) is 5. The number of carbonyl (C=O) groups excluding carboxylic acids is 1. The van der Waals surface area contributed by atoms with Gasteiger partial charge in [-0.05, 0) is 35.4 Å². The van der Waals surface area contributed by atoms with Gasteiger partial charge in [0.2, 0.25) is 0 Å². The molecule has 0 amide bonds. The third kappa shape index (κ3) is 8.52. The van der Waals surface area contributed by atoms with Crippen molar-refractivity contribution in [3.8, 4) is 0 Å². The zero-order valence-corrected chi connectivity index (χ0v) is 21.1. The summed E-state index contributed by atoms with van der Waals surface area (Å²) >= 11 is 1.89. The lowest BCUT2D eigenvalue weighted by Crippen LogP contribution is -2.34. The molecule has 0 atom stereocenters. The molecule has 1 N–H and O–H groups in total. The zero-order chi connectivity index (χ0) is 26.7. The van der Waals surface area contributed by atoms with Gasteiger partial charge in [0, 0.05) is 4.90 Å². The van der Waals surface area contributed by atoms with E-state index in [-0.39, 0.29) is 5.56 Å². The van der Waals surface area contributed by atoms with Crippen LogP contribution in [0.2, 0.25) is 0 Å². The van der Waals surface area contributed by atoms with Crippen molar-refractivity contribution in [2.45, 2.75) is 15.4 Å². The predicted molar refractivity (Wildman–Crippen MR) is 140 cm³/mol. The van der Waals surface area contributed by atoms with E-state index in [1.165, 1.54) is 40.3 Å². The molecule has 0 bridgehead atoms. The Kier molecular flexibility index (Phi) is 9.96. The van der Waals surface area contributed by atoms with E-state index in [9.17, 15) is 22.0 Å². The Bertz CT molecular complexity index is 1310.